The number of aryl methyl sites for hydroxylation is 3. The lowest BCUT2D eigenvalue weighted by atomic mass is 10.1. The van der Waals surface area contributed by atoms with E-state index in [4.69, 9.17) is 0 Å². The molecule has 0 unspecified atom stereocenters. The second-order valence-corrected chi connectivity index (χ2v) is 4.61. The van der Waals surface area contributed by atoms with Gasteiger partial charge in [-0.15, -0.1) is 10.2 Å². The second-order valence-electron chi connectivity index (χ2n) is 3.84. The molecule has 0 amide bonds. The van der Waals surface area contributed by atoms with Gasteiger partial charge < -0.3 is 0 Å². The molecule has 0 aliphatic rings. The molecule has 1 aromatic heterocycles. The molecule has 0 fully saturated rings. The van der Waals surface area contributed by atoms with E-state index in [2.05, 4.69) is 46.8 Å². The maximum Gasteiger partial charge on any atom is 0.195 e. The highest BCUT2D eigenvalue weighted by molar-refractivity contribution is 7.98. The number of benzene rings is 1. The Labute approximate surface area is 99.9 Å². The van der Waals surface area contributed by atoms with E-state index in [1.165, 1.54) is 11.1 Å². The third kappa shape index (κ3) is 1.85. The first-order chi connectivity index (χ1) is 7.63. The van der Waals surface area contributed by atoms with Crippen molar-refractivity contribution < 1.29 is 0 Å². The van der Waals surface area contributed by atoms with Crippen molar-refractivity contribution in [2.24, 2.45) is 0 Å². The Morgan fingerprint density at radius 1 is 1.06 bits per heavy atom. The van der Waals surface area contributed by atoms with E-state index in [1.54, 1.807) is 11.8 Å². The average molecular weight is 233 g/mol. The van der Waals surface area contributed by atoms with Crippen LogP contribution in [0, 0.1) is 20.8 Å². The van der Waals surface area contributed by atoms with Gasteiger partial charge in [0, 0.05) is 5.69 Å². The van der Waals surface area contributed by atoms with Crippen LogP contribution in [0.15, 0.2) is 23.4 Å². The Hall–Kier alpha value is -1.29. The van der Waals surface area contributed by atoms with Crippen molar-refractivity contribution in [3.63, 3.8) is 0 Å². The molecule has 3 nitrogen and oxygen atoms in total. The van der Waals surface area contributed by atoms with Gasteiger partial charge in [-0.1, -0.05) is 17.8 Å². The fraction of sp³-hybridized carbons (Fsp3) is 0.333. The molecule has 4 heteroatoms. The Balaban J connectivity index is 2.57. The highest BCUT2D eigenvalue weighted by atomic mass is 32.2. The van der Waals surface area contributed by atoms with Gasteiger partial charge in [-0.05, 0) is 50.3 Å². The molecule has 0 saturated heterocycles. The molecule has 0 radical (unpaired) electrons. The first-order valence-corrected chi connectivity index (χ1v) is 6.39. The molecule has 1 heterocycles. The average Bonchev–Trinajstić information content (AvgIpc) is 2.64. The number of hydrogen-bond acceptors (Lipinski definition) is 3. The summed E-state index contributed by atoms with van der Waals surface area (Å²) in [6, 6.07) is 6.41. The molecule has 0 spiro atoms. The molecular formula is C12H15N3S. The quantitative estimate of drug-likeness (QED) is 0.747. The molecule has 0 aliphatic heterocycles. The van der Waals surface area contributed by atoms with Crippen LogP contribution in [-0.4, -0.2) is 21.0 Å². The molecule has 84 valence electrons. The van der Waals surface area contributed by atoms with Crippen molar-refractivity contribution in [1.82, 2.24) is 14.8 Å². The first-order valence-electron chi connectivity index (χ1n) is 5.17. The van der Waals surface area contributed by atoms with Crippen molar-refractivity contribution in [3.8, 4) is 5.69 Å². The van der Waals surface area contributed by atoms with Crippen LogP contribution in [0.4, 0.5) is 0 Å². The Bertz CT molecular complexity index is 517. The van der Waals surface area contributed by atoms with Gasteiger partial charge in [-0.25, -0.2) is 0 Å². The van der Waals surface area contributed by atoms with Gasteiger partial charge in [0.05, 0.1) is 0 Å². The molecule has 0 saturated carbocycles. The van der Waals surface area contributed by atoms with Gasteiger partial charge >= 0.3 is 0 Å². The van der Waals surface area contributed by atoms with Crippen LogP contribution in [0.25, 0.3) is 5.69 Å². The SMILES string of the molecule is CSc1nnc(C)n1-c1ccc(C)c(C)c1. The van der Waals surface area contributed by atoms with Gasteiger partial charge in [0.25, 0.3) is 0 Å². The van der Waals surface area contributed by atoms with Crippen molar-refractivity contribution >= 4 is 11.8 Å². The third-order valence-electron chi connectivity index (χ3n) is 2.73. The van der Waals surface area contributed by atoms with E-state index < -0.39 is 0 Å². The molecule has 16 heavy (non-hydrogen) atoms. The zero-order chi connectivity index (χ0) is 11.7. The van der Waals surface area contributed by atoms with Crippen LogP contribution in [0.1, 0.15) is 17.0 Å². The maximum atomic E-state index is 4.14. The molecule has 2 rings (SSSR count). The molecular weight excluding hydrogens is 218 g/mol. The lowest BCUT2D eigenvalue weighted by Crippen LogP contribution is -1.99. The van der Waals surface area contributed by atoms with Gasteiger partial charge in [0.15, 0.2) is 5.16 Å². The van der Waals surface area contributed by atoms with Gasteiger partial charge in [-0.2, -0.15) is 0 Å². The fourth-order valence-corrected chi connectivity index (χ4v) is 2.18. The van der Waals surface area contributed by atoms with Crippen LogP contribution in [-0.2, 0) is 0 Å². The maximum absolute atomic E-state index is 4.14. The van der Waals surface area contributed by atoms with E-state index in [0.717, 1.165) is 16.7 Å². The van der Waals surface area contributed by atoms with E-state index in [1.807, 2.05) is 13.2 Å². The summed E-state index contributed by atoms with van der Waals surface area (Å²) < 4.78 is 2.08. The van der Waals surface area contributed by atoms with Gasteiger partial charge in [0.1, 0.15) is 5.82 Å². The van der Waals surface area contributed by atoms with Crippen molar-refractivity contribution in [3.05, 3.63) is 35.2 Å². The lowest BCUT2D eigenvalue weighted by molar-refractivity contribution is 0.869. The van der Waals surface area contributed by atoms with Crippen LogP contribution in [0.2, 0.25) is 0 Å². The Kier molecular flexibility index (Phi) is 3.01. The van der Waals surface area contributed by atoms with Crippen molar-refractivity contribution in [1.29, 1.82) is 0 Å². The summed E-state index contributed by atoms with van der Waals surface area (Å²) in [6.07, 6.45) is 2.01. The Morgan fingerprint density at radius 2 is 1.81 bits per heavy atom. The zero-order valence-corrected chi connectivity index (χ0v) is 10.8. The number of thioether (sulfide) groups is 1. The smallest absolute Gasteiger partial charge is 0.195 e. The molecule has 0 N–H and O–H groups in total. The number of rotatable bonds is 2. The Morgan fingerprint density at radius 3 is 2.44 bits per heavy atom. The highest BCUT2D eigenvalue weighted by Crippen LogP contribution is 2.21. The van der Waals surface area contributed by atoms with E-state index >= 15 is 0 Å². The summed E-state index contributed by atoms with van der Waals surface area (Å²) in [5.74, 6) is 0.924. The van der Waals surface area contributed by atoms with Crippen LogP contribution >= 0.6 is 11.8 Å². The van der Waals surface area contributed by atoms with Crippen LogP contribution in [0.5, 0.6) is 0 Å². The normalized spacial score (nSPS) is 10.8. The highest BCUT2D eigenvalue weighted by Gasteiger charge is 2.09. The largest absolute Gasteiger partial charge is 0.274 e. The number of hydrogen-bond donors (Lipinski definition) is 0. The minimum atomic E-state index is 0.924. The molecule has 0 aliphatic carbocycles. The second kappa shape index (κ2) is 4.29. The van der Waals surface area contributed by atoms with E-state index in [9.17, 15) is 0 Å². The molecule has 2 aromatic rings. The fourth-order valence-electron chi connectivity index (χ4n) is 1.64. The summed E-state index contributed by atoms with van der Waals surface area (Å²) in [5.41, 5.74) is 3.73. The molecule has 0 atom stereocenters. The standard InChI is InChI=1S/C12H15N3S/c1-8-5-6-11(7-9(8)2)15-10(3)13-14-12(15)16-4/h5-7H,1-4H3. The summed E-state index contributed by atoms with van der Waals surface area (Å²) >= 11 is 1.61. The molecule has 1 aromatic carbocycles. The molecule has 0 bridgehead atoms. The zero-order valence-electron chi connectivity index (χ0n) is 9.98. The predicted octanol–water partition coefficient (Wildman–Crippen LogP) is 2.91. The first kappa shape index (κ1) is 11.2. The monoisotopic (exact) mass is 233 g/mol. The topological polar surface area (TPSA) is 30.7 Å². The number of nitrogens with zero attached hydrogens (tertiary/aromatic N) is 3. The van der Waals surface area contributed by atoms with Crippen molar-refractivity contribution in [2.45, 2.75) is 25.9 Å². The summed E-state index contributed by atoms with van der Waals surface area (Å²) in [6.45, 7) is 6.22. The van der Waals surface area contributed by atoms with Crippen LogP contribution in [0.3, 0.4) is 0 Å². The van der Waals surface area contributed by atoms with Crippen LogP contribution < -0.4 is 0 Å². The third-order valence-corrected chi connectivity index (χ3v) is 3.36. The number of aromatic nitrogens is 3. The summed E-state index contributed by atoms with van der Waals surface area (Å²) in [5, 5.41) is 9.18. The van der Waals surface area contributed by atoms with E-state index in [-0.39, 0.29) is 0 Å². The predicted molar refractivity (Wildman–Crippen MR) is 67.4 cm³/mol. The summed E-state index contributed by atoms with van der Waals surface area (Å²) in [4.78, 5) is 0. The van der Waals surface area contributed by atoms with E-state index in [0.29, 0.717) is 0 Å². The lowest BCUT2D eigenvalue weighted by Gasteiger charge is -2.09. The minimum absolute atomic E-state index is 0.924. The van der Waals surface area contributed by atoms with Gasteiger partial charge in [-0.3, -0.25) is 4.57 Å². The minimum Gasteiger partial charge on any atom is -0.274 e. The van der Waals surface area contributed by atoms with Crippen molar-refractivity contribution in [2.75, 3.05) is 6.26 Å². The van der Waals surface area contributed by atoms with Gasteiger partial charge in [0.2, 0.25) is 0 Å². The summed E-state index contributed by atoms with van der Waals surface area (Å²) in [7, 11) is 0.